The lowest BCUT2D eigenvalue weighted by molar-refractivity contribution is -0.127. The fraction of sp³-hybridized carbons (Fsp3) is 0.500. The molecule has 2 rings (SSSR count). The molecule has 0 aliphatic carbocycles. The van der Waals surface area contributed by atoms with Crippen molar-refractivity contribution in [3.05, 3.63) is 35.4 Å². The minimum absolute atomic E-state index is 0.288. The van der Waals surface area contributed by atoms with E-state index in [0.29, 0.717) is 12.3 Å². The molecule has 2 nitrogen and oxygen atoms in total. The molecule has 1 amide bonds. The smallest absolute Gasteiger partial charge is 0.222 e. The van der Waals surface area contributed by atoms with Crippen molar-refractivity contribution in [2.45, 2.75) is 19.8 Å². The molecule has 1 unspecified atom stereocenters. The van der Waals surface area contributed by atoms with Crippen molar-refractivity contribution < 1.29 is 4.79 Å². The Hall–Kier alpha value is -0.960. The SMILES string of the molecule is Cc1ccc(CCN2CC(CS)CC2=O)cc1. The van der Waals surface area contributed by atoms with E-state index < -0.39 is 0 Å². The van der Waals surface area contributed by atoms with Gasteiger partial charge in [0.05, 0.1) is 0 Å². The van der Waals surface area contributed by atoms with E-state index in [1.54, 1.807) is 0 Å². The number of benzene rings is 1. The van der Waals surface area contributed by atoms with Crippen LogP contribution < -0.4 is 0 Å². The molecule has 1 fully saturated rings. The Kier molecular flexibility index (Phi) is 4.11. The Morgan fingerprint density at radius 1 is 1.35 bits per heavy atom. The van der Waals surface area contributed by atoms with E-state index >= 15 is 0 Å². The van der Waals surface area contributed by atoms with Crippen LogP contribution in [0.25, 0.3) is 0 Å². The quantitative estimate of drug-likeness (QED) is 0.812. The summed E-state index contributed by atoms with van der Waals surface area (Å²) in [6.45, 7) is 3.81. The predicted octanol–water partition coefficient (Wildman–Crippen LogP) is 2.32. The van der Waals surface area contributed by atoms with Crippen molar-refractivity contribution in [2.24, 2.45) is 5.92 Å². The first-order valence-corrected chi connectivity index (χ1v) is 6.76. The second-order valence-electron chi connectivity index (χ2n) is 4.83. The molecule has 1 aliphatic heterocycles. The van der Waals surface area contributed by atoms with Crippen LogP contribution in [0.3, 0.4) is 0 Å². The van der Waals surface area contributed by atoms with Crippen molar-refractivity contribution in [2.75, 3.05) is 18.8 Å². The number of likely N-dealkylation sites (tertiary alicyclic amines) is 1. The van der Waals surface area contributed by atoms with Crippen LogP contribution in [0.4, 0.5) is 0 Å². The van der Waals surface area contributed by atoms with Gasteiger partial charge in [0, 0.05) is 19.5 Å². The van der Waals surface area contributed by atoms with Crippen LogP contribution in [0, 0.1) is 12.8 Å². The van der Waals surface area contributed by atoms with Gasteiger partial charge in [0.15, 0.2) is 0 Å². The van der Waals surface area contributed by atoms with E-state index in [1.165, 1.54) is 11.1 Å². The maximum Gasteiger partial charge on any atom is 0.222 e. The average molecular weight is 249 g/mol. The number of carbonyl (C=O) groups excluding carboxylic acids is 1. The summed E-state index contributed by atoms with van der Waals surface area (Å²) in [4.78, 5) is 13.7. The third kappa shape index (κ3) is 3.25. The first kappa shape index (κ1) is 12.5. The fourth-order valence-corrected chi connectivity index (χ4v) is 2.46. The summed E-state index contributed by atoms with van der Waals surface area (Å²) in [5.74, 6) is 1.55. The monoisotopic (exact) mass is 249 g/mol. The lowest BCUT2D eigenvalue weighted by atomic mass is 10.1. The first-order valence-electron chi connectivity index (χ1n) is 6.13. The molecular formula is C14H19NOS. The van der Waals surface area contributed by atoms with E-state index in [0.717, 1.165) is 25.3 Å². The Labute approximate surface area is 108 Å². The summed E-state index contributed by atoms with van der Waals surface area (Å²) in [6, 6.07) is 8.53. The van der Waals surface area contributed by atoms with Crippen LogP contribution >= 0.6 is 12.6 Å². The molecule has 0 radical (unpaired) electrons. The highest BCUT2D eigenvalue weighted by atomic mass is 32.1. The first-order chi connectivity index (χ1) is 8.19. The Balaban J connectivity index is 1.86. The standard InChI is InChI=1S/C14H19NOS/c1-11-2-4-12(5-3-11)6-7-15-9-13(10-17)8-14(15)16/h2-5,13,17H,6-10H2,1H3. The number of thiol groups is 1. The lowest BCUT2D eigenvalue weighted by Gasteiger charge is -2.16. The molecule has 17 heavy (non-hydrogen) atoms. The highest BCUT2D eigenvalue weighted by Crippen LogP contribution is 2.19. The van der Waals surface area contributed by atoms with Crippen LogP contribution in [0.5, 0.6) is 0 Å². The molecule has 0 saturated carbocycles. The van der Waals surface area contributed by atoms with Crippen LogP contribution in [0.1, 0.15) is 17.5 Å². The fourth-order valence-electron chi connectivity index (χ4n) is 2.21. The summed E-state index contributed by atoms with van der Waals surface area (Å²) in [5.41, 5.74) is 2.58. The van der Waals surface area contributed by atoms with Crippen LogP contribution in [-0.4, -0.2) is 29.6 Å². The zero-order valence-corrected chi connectivity index (χ0v) is 11.1. The van der Waals surface area contributed by atoms with Crippen LogP contribution in [0.2, 0.25) is 0 Å². The molecule has 0 bridgehead atoms. The number of aryl methyl sites for hydroxylation is 1. The molecule has 1 aromatic rings. The molecule has 0 N–H and O–H groups in total. The van der Waals surface area contributed by atoms with Gasteiger partial charge < -0.3 is 4.90 Å². The highest BCUT2D eigenvalue weighted by Gasteiger charge is 2.27. The summed E-state index contributed by atoms with van der Waals surface area (Å²) in [7, 11) is 0. The number of amides is 1. The topological polar surface area (TPSA) is 20.3 Å². The van der Waals surface area contributed by atoms with Gasteiger partial charge in [-0.15, -0.1) is 0 Å². The Morgan fingerprint density at radius 2 is 2.06 bits per heavy atom. The largest absolute Gasteiger partial charge is 0.342 e. The average Bonchev–Trinajstić information content (AvgIpc) is 2.69. The molecule has 0 spiro atoms. The minimum atomic E-state index is 0.288. The van der Waals surface area contributed by atoms with E-state index in [2.05, 4.69) is 43.8 Å². The van der Waals surface area contributed by atoms with Crippen molar-refractivity contribution in [3.8, 4) is 0 Å². The van der Waals surface area contributed by atoms with Crippen LogP contribution in [-0.2, 0) is 11.2 Å². The van der Waals surface area contributed by atoms with E-state index in [9.17, 15) is 4.79 Å². The summed E-state index contributed by atoms with van der Waals surface area (Å²) in [5, 5.41) is 0. The highest BCUT2D eigenvalue weighted by molar-refractivity contribution is 7.80. The van der Waals surface area contributed by atoms with Crippen molar-refractivity contribution >= 4 is 18.5 Å². The summed E-state index contributed by atoms with van der Waals surface area (Å²) < 4.78 is 0. The number of carbonyl (C=O) groups is 1. The number of nitrogens with zero attached hydrogens (tertiary/aromatic N) is 1. The van der Waals surface area contributed by atoms with Gasteiger partial charge in [-0.25, -0.2) is 0 Å². The molecule has 1 heterocycles. The molecule has 92 valence electrons. The van der Waals surface area contributed by atoms with Gasteiger partial charge in [-0.05, 0) is 30.6 Å². The van der Waals surface area contributed by atoms with Gasteiger partial charge >= 0.3 is 0 Å². The van der Waals surface area contributed by atoms with Crippen molar-refractivity contribution in [3.63, 3.8) is 0 Å². The molecular weight excluding hydrogens is 230 g/mol. The maximum atomic E-state index is 11.7. The molecule has 3 heteroatoms. The normalized spacial score (nSPS) is 20.0. The van der Waals surface area contributed by atoms with Gasteiger partial charge in [0.1, 0.15) is 0 Å². The summed E-state index contributed by atoms with van der Waals surface area (Å²) in [6.07, 6.45) is 1.63. The molecule has 0 aromatic heterocycles. The van der Waals surface area contributed by atoms with Gasteiger partial charge in [0.25, 0.3) is 0 Å². The number of hydrogen-bond donors (Lipinski definition) is 1. The minimum Gasteiger partial charge on any atom is -0.342 e. The van der Waals surface area contributed by atoms with Crippen molar-refractivity contribution in [1.82, 2.24) is 4.90 Å². The van der Waals surface area contributed by atoms with Gasteiger partial charge in [-0.2, -0.15) is 12.6 Å². The Bertz CT molecular complexity index is 388. The van der Waals surface area contributed by atoms with Gasteiger partial charge in [-0.1, -0.05) is 29.8 Å². The molecule has 1 atom stereocenters. The number of hydrogen-bond acceptors (Lipinski definition) is 2. The van der Waals surface area contributed by atoms with Crippen LogP contribution in [0.15, 0.2) is 24.3 Å². The maximum absolute atomic E-state index is 11.7. The molecule has 1 saturated heterocycles. The zero-order valence-electron chi connectivity index (χ0n) is 10.2. The third-order valence-electron chi connectivity index (χ3n) is 3.34. The lowest BCUT2D eigenvalue weighted by Crippen LogP contribution is -2.27. The van der Waals surface area contributed by atoms with Crippen molar-refractivity contribution in [1.29, 1.82) is 0 Å². The van der Waals surface area contributed by atoms with Gasteiger partial charge in [-0.3, -0.25) is 4.79 Å². The third-order valence-corrected chi connectivity index (χ3v) is 3.86. The van der Waals surface area contributed by atoms with E-state index in [1.807, 2.05) is 4.90 Å². The van der Waals surface area contributed by atoms with E-state index in [-0.39, 0.29) is 5.91 Å². The predicted molar refractivity (Wildman–Crippen MR) is 73.4 cm³/mol. The zero-order chi connectivity index (χ0) is 12.3. The molecule has 1 aromatic carbocycles. The number of rotatable bonds is 4. The second-order valence-corrected chi connectivity index (χ2v) is 5.19. The second kappa shape index (κ2) is 5.58. The Morgan fingerprint density at radius 3 is 2.65 bits per heavy atom. The van der Waals surface area contributed by atoms with E-state index in [4.69, 9.17) is 0 Å². The molecule has 1 aliphatic rings. The van der Waals surface area contributed by atoms with Gasteiger partial charge in [0.2, 0.25) is 5.91 Å². The summed E-state index contributed by atoms with van der Waals surface area (Å²) >= 11 is 4.27.